The van der Waals surface area contributed by atoms with Gasteiger partial charge in [-0.3, -0.25) is 0 Å². The van der Waals surface area contributed by atoms with Gasteiger partial charge in [0.25, 0.3) is 0 Å². The molecule has 0 N–H and O–H groups in total. The molecular formula is C15H21O+. The molecule has 1 aromatic rings. The van der Waals surface area contributed by atoms with Crippen LogP contribution < -0.4 is 0 Å². The Balaban J connectivity index is 1.99. The molecule has 1 aromatic heterocycles. The predicted molar refractivity (Wildman–Crippen MR) is 65.5 cm³/mol. The molecule has 1 heterocycles. The Morgan fingerprint density at radius 3 is 1.94 bits per heavy atom. The van der Waals surface area contributed by atoms with Crippen LogP contribution in [0, 0.1) is 11.8 Å². The summed E-state index contributed by atoms with van der Waals surface area (Å²) in [4.78, 5) is 0. The average molecular weight is 217 g/mol. The molecule has 0 fully saturated rings. The summed E-state index contributed by atoms with van der Waals surface area (Å²) in [5, 5.41) is 0. The summed E-state index contributed by atoms with van der Waals surface area (Å²) in [6.07, 6.45) is 7.34. The van der Waals surface area contributed by atoms with Crippen molar-refractivity contribution in [2.75, 3.05) is 0 Å². The maximum atomic E-state index is 6.12. The summed E-state index contributed by atoms with van der Waals surface area (Å²) in [7, 11) is 0. The SMILES string of the molecule is CC1CCc2[o+]c3c(cc2C1)CC(C)CC3. The fraction of sp³-hybridized carbons (Fsp3) is 0.667. The molecule has 2 atom stereocenters. The Morgan fingerprint density at radius 2 is 1.44 bits per heavy atom. The summed E-state index contributed by atoms with van der Waals surface area (Å²) in [6.45, 7) is 4.70. The summed E-state index contributed by atoms with van der Waals surface area (Å²) < 4.78 is 6.12. The van der Waals surface area contributed by atoms with Crippen molar-refractivity contribution in [3.05, 3.63) is 28.7 Å². The summed E-state index contributed by atoms with van der Waals surface area (Å²) in [6, 6.07) is 2.44. The van der Waals surface area contributed by atoms with Crippen molar-refractivity contribution in [3.63, 3.8) is 0 Å². The normalized spacial score (nSPS) is 28.4. The van der Waals surface area contributed by atoms with Gasteiger partial charge in [0.2, 0.25) is 0 Å². The smallest absolute Gasteiger partial charge is 0.217 e. The van der Waals surface area contributed by atoms with Crippen LogP contribution >= 0.6 is 0 Å². The molecule has 0 bridgehead atoms. The van der Waals surface area contributed by atoms with E-state index >= 15 is 0 Å². The van der Waals surface area contributed by atoms with E-state index in [0.717, 1.165) is 24.7 Å². The molecule has 0 radical (unpaired) electrons. The highest BCUT2D eigenvalue weighted by Crippen LogP contribution is 2.32. The number of hydrogen-bond donors (Lipinski definition) is 0. The van der Waals surface area contributed by atoms with Crippen molar-refractivity contribution in [3.8, 4) is 0 Å². The second kappa shape index (κ2) is 3.87. The Morgan fingerprint density at radius 1 is 0.938 bits per heavy atom. The van der Waals surface area contributed by atoms with E-state index in [1.807, 2.05) is 0 Å². The fourth-order valence-corrected chi connectivity index (χ4v) is 3.13. The van der Waals surface area contributed by atoms with Crippen LogP contribution in [0.15, 0.2) is 10.5 Å². The molecule has 2 unspecified atom stereocenters. The lowest BCUT2D eigenvalue weighted by molar-refractivity contribution is 0.351. The predicted octanol–water partition coefficient (Wildman–Crippen LogP) is 3.81. The van der Waals surface area contributed by atoms with Gasteiger partial charge in [0.1, 0.15) is 0 Å². The maximum Gasteiger partial charge on any atom is 0.332 e. The van der Waals surface area contributed by atoms with Crippen LogP contribution in [0.4, 0.5) is 0 Å². The van der Waals surface area contributed by atoms with Crippen molar-refractivity contribution in [1.29, 1.82) is 0 Å². The van der Waals surface area contributed by atoms with Gasteiger partial charge in [0.15, 0.2) is 0 Å². The van der Waals surface area contributed by atoms with Crippen LogP contribution in [0.1, 0.15) is 49.3 Å². The molecule has 16 heavy (non-hydrogen) atoms. The first-order chi connectivity index (χ1) is 7.72. The van der Waals surface area contributed by atoms with E-state index in [1.165, 1.54) is 48.3 Å². The van der Waals surface area contributed by atoms with Gasteiger partial charge in [-0.1, -0.05) is 13.8 Å². The molecule has 0 amide bonds. The first-order valence-corrected chi connectivity index (χ1v) is 6.69. The van der Waals surface area contributed by atoms with Crippen LogP contribution in [-0.2, 0) is 25.7 Å². The standard InChI is InChI=1S/C15H21O/c1-10-3-5-14-12(7-10)9-13-8-11(2)4-6-15(13)16-14/h9-11H,3-8H2,1-2H3/q+1. The molecule has 86 valence electrons. The minimum Gasteiger partial charge on any atom is -0.217 e. The first kappa shape index (κ1) is 10.3. The number of rotatable bonds is 0. The van der Waals surface area contributed by atoms with Crippen LogP contribution in [0.5, 0.6) is 0 Å². The third-order valence-electron chi connectivity index (χ3n) is 4.18. The molecular weight excluding hydrogens is 196 g/mol. The molecule has 0 saturated heterocycles. The lowest BCUT2D eigenvalue weighted by atomic mass is 9.84. The van der Waals surface area contributed by atoms with E-state index in [2.05, 4.69) is 19.9 Å². The topological polar surface area (TPSA) is 11.3 Å². The number of hydrogen-bond acceptors (Lipinski definition) is 0. The molecule has 3 rings (SSSR count). The molecule has 0 aliphatic heterocycles. The third-order valence-corrected chi connectivity index (χ3v) is 4.18. The van der Waals surface area contributed by atoms with Crippen molar-refractivity contribution in [2.45, 2.75) is 52.4 Å². The molecule has 2 aliphatic rings. The highest BCUT2D eigenvalue weighted by Gasteiger charge is 2.31. The molecule has 0 saturated carbocycles. The summed E-state index contributed by atoms with van der Waals surface area (Å²) in [5.41, 5.74) is 2.98. The zero-order valence-electron chi connectivity index (χ0n) is 10.4. The minimum atomic E-state index is 0.835. The van der Waals surface area contributed by atoms with Crippen molar-refractivity contribution in [2.24, 2.45) is 11.8 Å². The van der Waals surface area contributed by atoms with Gasteiger partial charge < -0.3 is 0 Å². The lowest BCUT2D eigenvalue weighted by Gasteiger charge is -2.19. The minimum absolute atomic E-state index is 0.835. The van der Waals surface area contributed by atoms with Crippen LogP contribution in [0.3, 0.4) is 0 Å². The highest BCUT2D eigenvalue weighted by atomic mass is 16.3. The Kier molecular flexibility index (Phi) is 2.49. The summed E-state index contributed by atoms with van der Waals surface area (Å²) in [5.74, 6) is 4.24. The van der Waals surface area contributed by atoms with Gasteiger partial charge in [0.05, 0.1) is 24.0 Å². The Labute approximate surface area is 97.9 Å². The first-order valence-electron chi connectivity index (χ1n) is 6.69. The Hall–Kier alpha value is -0.850. The van der Waals surface area contributed by atoms with E-state index < -0.39 is 0 Å². The van der Waals surface area contributed by atoms with Gasteiger partial charge in [-0.05, 0) is 43.6 Å². The molecule has 0 spiro atoms. The van der Waals surface area contributed by atoms with E-state index in [1.54, 1.807) is 0 Å². The maximum absolute atomic E-state index is 6.12. The zero-order valence-corrected chi connectivity index (χ0v) is 10.4. The average Bonchev–Trinajstić information content (AvgIpc) is 2.26. The van der Waals surface area contributed by atoms with E-state index in [0.29, 0.717) is 0 Å². The molecule has 1 nitrogen and oxygen atoms in total. The van der Waals surface area contributed by atoms with Crippen molar-refractivity contribution in [1.82, 2.24) is 0 Å². The molecule has 0 aromatic carbocycles. The monoisotopic (exact) mass is 217 g/mol. The lowest BCUT2D eigenvalue weighted by Crippen LogP contribution is -2.16. The van der Waals surface area contributed by atoms with Crippen molar-refractivity contribution < 1.29 is 4.42 Å². The third kappa shape index (κ3) is 1.77. The highest BCUT2D eigenvalue weighted by molar-refractivity contribution is 5.31. The molecule has 2 aliphatic carbocycles. The van der Waals surface area contributed by atoms with Gasteiger partial charge in [0, 0.05) is 0 Å². The second-order valence-corrected chi connectivity index (χ2v) is 5.84. The fourth-order valence-electron chi connectivity index (χ4n) is 3.13. The number of fused-ring (bicyclic) bond motifs is 2. The van der Waals surface area contributed by atoms with Crippen LogP contribution in [-0.4, -0.2) is 0 Å². The van der Waals surface area contributed by atoms with E-state index in [9.17, 15) is 0 Å². The molecule has 1 heteroatoms. The van der Waals surface area contributed by atoms with E-state index in [-0.39, 0.29) is 0 Å². The largest absolute Gasteiger partial charge is 0.332 e. The second-order valence-electron chi connectivity index (χ2n) is 5.84. The van der Waals surface area contributed by atoms with E-state index in [4.69, 9.17) is 4.42 Å². The van der Waals surface area contributed by atoms with Crippen molar-refractivity contribution >= 4 is 0 Å². The summed E-state index contributed by atoms with van der Waals surface area (Å²) >= 11 is 0. The van der Waals surface area contributed by atoms with Crippen LogP contribution in [0.2, 0.25) is 0 Å². The Bertz CT molecular complexity index is 373. The number of aryl methyl sites for hydroxylation is 2. The zero-order chi connectivity index (χ0) is 11.1. The quantitative estimate of drug-likeness (QED) is 0.601. The van der Waals surface area contributed by atoms with Gasteiger partial charge in [-0.25, -0.2) is 4.42 Å². The van der Waals surface area contributed by atoms with Gasteiger partial charge in [-0.2, -0.15) is 0 Å². The van der Waals surface area contributed by atoms with Gasteiger partial charge in [-0.15, -0.1) is 0 Å². The van der Waals surface area contributed by atoms with Gasteiger partial charge >= 0.3 is 11.5 Å². The van der Waals surface area contributed by atoms with Crippen LogP contribution in [0.25, 0.3) is 0 Å².